The van der Waals surface area contributed by atoms with Crippen LogP contribution in [0.4, 0.5) is 0 Å². The Morgan fingerprint density at radius 1 is 0.390 bits per heavy atom. The van der Waals surface area contributed by atoms with Gasteiger partial charge in [-0.2, -0.15) is 0 Å². The summed E-state index contributed by atoms with van der Waals surface area (Å²) in [7, 11) is 0. The van der Waals surface area contributed by atoms with Crippen LogP contribution in [0.5, 0.6) is 0 Å². The third kappa shape index (κ3) is 4.61. The second-order valence-electron chi connectivity index (χ2n) is 16.7. The van der Waals surface area contributed by atoms with Gasteiger partial charge in [-0.3, -0.25) is 0 Å². The number of fused-ring (bicyclic) bond motifs is 12. The molecule has 0 bridgehead atoms. The van der Waals surface area contributed by atoms with E-state index < -0.39 is 0 Å². The monoisotopic (exact) mass is 768 g/mol. The fourth-order valence-corrected chi connectivity index (χ4v) is 11.7. The lowest BCUT2D eigenvalue weighted by Crippen LogP contribution is -2.14. The van der Waals surface area contributed by atoms with Crippen molar-refractivity contribution in [2.45, 2.75) is 19.3 Å². The van der Waals surface area contributed by atoms with E-state index in [-0.39, 0.29) is 5.41 Å². The second-order valence-corrected chi connectivity index (χ2v) is 17.8. The minimum Gasteiger partial charge on any atom is -0.455 e. The van der Waals surface area contributed by atoms with Crippen LogP contribution in [0.3, 0.4) is 0 Å². The number of furan rings is 1. The first-order chi connectivity index (χ1) is 29.0. The Kier molecular flexibility index (Phi) is 6.73. The summed E-state index contributed by atoms with van der Waals surface area (Å²) in [6, 6.07) is 67.7. The van der Waals surface area contributed by atoms with E-state index in [1.807, 2.05) is 11.3 Å². The quantitative estimate of drug-likeness (QED) is 0.163. The molecule has 1 aliphatic carbocycles. The average Bonchev–Trinajstić information content (AvgIpc) is 3.91. The summed E-state index contributed by atoms with van der Waals surface area (Å²) in [5, 5.41) is 12.4. The van der Waals surface area contributed by atoms with E-state index in [4.69, 9.17) is 4.42 Å². The van der Waals surface area contributed by atoms with Crippen LogP contribution >= 0.6 is 11.3 Å². The standard InChI is InChI=1S/C57H36OS/c1-57(2)48-24-11-9-16-38(48)39-27-26-35(30-49(39)57)53-41-18-5-7-20-43(41)54(44-21-8-6-19-42(44)53)47-29-36(37-22-13-23-45-40-17-10-12-25-50(40)58-56(37)45)32-52-55(47)46-28-33-14-3-4-15-34(33)31-51(46)59-52/h3-32H,1-2H3. The van der Waals surface area contributed by atoms with Crippen molar-refractivity contribution in [1.82, 2.24) is 0 Å². The molecule has 0 amide bonds. The molecule has 1 aliphatic rings. The zero-order chi connectivity index (χ0) is 39.0. The van der Waals surface area contributed by atoms with Gasteiger partial charge >= 0.3 is 0 Å². The molecular formula is C57H36OS. The van der Waals surface area contributed by atoms with E-state index >= 15 is 0 Å². The Labute approximate surface area is 345 Å². The van der Waals surface area contributed by atoms with Crippen LogP contribution in [0.1, 0.15) is 25.0 Å². The zero-order valence-electron chi connectivity index (χ0n) is 32.6. The third-order valence-corrected chi connectivity index (χ3v) is 14.3. The molecule has 2 aromatic heterocycles. The maximum absolute atomic E-state index is 6.68. The maximum Gasteiger partial charge on any atom is 0.143 e. The molecule has 1 nitrogen and oxygen atoms in total. The highest BCUT2D eigenvalue weighted by atomic mass is 32.1. The van der Waals surface area contributed by atoms with Gasteiger partial charge in [0, 0.05) is 41.9 Å². The highest BCUT2D eigenvalue weighted by molar-refractivity contribution is 7.26. The van der Waals surface area contributed by atoms with Crippen LogP contribution in [0.2, 0.25) is 0 Å². The Morgan fingerprint density at radius 3 is 1.78 bits per heavy atom. The molecule has 0 fully saturated rings. The topological polar surface area (TPSA) is 13.1 Å². The minimum absolute atomic E-state index is 0.0909. The van der Waals surface area contributed by atoms with Crippen LogP contribution in [-0.2, 0) is 5.41 Å². The van der Waals surface area contributed by atoms with E-state index in [1.54, 1.807) is 0 Å². The number of para-hydroxylation sites is 2. The predicted molar refractivity (Wildman–Crippen MR) is 253 cm³/mol. The van der Waals surface area contributed by atoms with Gasteiger partial charge in [0.2, 0.25) is 0 Å². The molecule has 13 rings (SSSR count). The van der Waals surface area contributed by atoms with Crippen molar-refractivity contribution in [2.24, 2.45) is 0 Å². The number of rotatable bonds is 3. The van der Waals surface area contributed by atoms with Crippen molar-refractivity contribution < 1.29 is 4.42 Å². The van der Waals surface area contributed by atoms with Gasteiger partial charge in [0.1, 0.15) is 11.2 Å². The predicted octanol–water partition coefficient (Wildman–Crippen LogP) is 16.7. The molecule has 0 saturated heterocycles. The van der Waals surface area contributed by atoms with Crippen molar-refractivity contribution in [2.75, 3.05) is 0 Å². The van der Waals surface area contributed by atoms with Crippen LogP contribution in [0, 0.1) is 0 Å². The summed E-state index contributed by atoms with van der Waals surface area (Å²) >= 11 is 1.89. The molecule has 0 N–H and O–H groups in total. The lowest BCUT2D eigenvalue weighted by atomic mass is 9.80. The molecule has 12 aromatic rings. The van der Waals surface area contributed by atoms with Gasteiger partial charge in [0.25, 0.3) is 0 Å². The second kappa shape index (κ2) is 12.0. The molecule has 2 heteroatoms. The molecule has 0 saturated carbocycles. The molecule has 0 aliphatic heterocycles. The van der Waals surface area contributed by atoms with Crippen molar-refractivity contribution in [3.05, 3.63) is 193 Å². The summed E-state index contributed by atoms with van der Waals surface area (Å²) in [6.45, 7) is 4.75. The average molecular weight is 769 g/mol. The lowest BCUT2D eigenvalue weighted by Gasteiger charge is -2.23. The number of thiophene rings is 1. The van der Waals surface area contributed by atoms with Gasteiger partial charge in [0.15, 0.2) is 0 Å². The highest BCUT2D eigenvalue weighted by Gasteiger charge is 2.35. The molecule has 0 atom stereocenters. The molecule has 0 radical (unpaired) electrons. The van der Waals surface area contributed by atoms with E-state index in [1.165, 1.54) is 97.0 Å². The van der Waals surface area contributed by atoms with Crippen LogP contribution in [-0.4, -0.2) is 0 Å². The van der Waals surface area contributed by atoms with Gasteiger partial charge in [0.05, 0.1) is 0 Å². The van der Waals surface area contributed by atoms with Crippen molar-refractivity contribution in [3.63, 3.8) is 0 Å². The van der Waals surface area contributed by atoms with Crippen molar-refractivity contribution in [3.8, 4) is 44.5 Å². The Hall–Kier alpha value is -7.00. The van der Waals surface area contributed by atoms with Crippen LogP contribution in [0.15, 0.2) is 186 Å². The lowest BCUT2D eigenvalue weighted by molar-refractivity contribution is 0.660. The van der Waals surface area contributed by atoms with E-state index in [0.717, 1.165) is 33.1 Å². The van der Waals surface area contributed by atoms with Crippen LogP contribution < -0.4 is 0 Å². The molecule has 2 heterocycles. The maximum atomic E-state index is 6.68. The summed E-state index contributed by atoms with van der Waals surface area (Å²) in [4.78, 5) is 0. The van der Waals surface area contributed by atoms with Gasteiger partial charge in [-0.05, 0) is 119 Å². The Balaban J connectivity index is 1.14. The smallest absolute Gasteiger partial charge is 0.143 e. The van der Waals surface area contributed by atoms with E-state index in [2.05, 4.69) is 196 Å². The largest absolute Gasteiger partial charge is 0.455 e. The first-order valence-electron chi connectivity index (χ1n) is 20.5. The molecule has 276 valence electrons. The fraction of sp³-hybridized carbons (Fsp3) is 0.0526. The fourth-order valence-electron chi connectivity index (χ4n) is 10.5. The third-order valence-electron chi connectivity index (χ3n) is 13.2. The minimum atomic E-state index is -0.0909. The first-order valence-corrected chi connectivity index (χ1v) is 21.3. The molecule has 59 heavy (non-hydrogen) atoms. The van der Waals surface area contributed by atoms with Crippen molar-refractivity contribution in [1.29, 1.82) is 0 Å². The Morgan fingerprint density at radius 2 is 1.00 bits per heavy atom. The summed E-state index contributed by atoms with van der Waals surface area (Å²) in [5.41, 5.74) is 14.6. The van der Waals surface area contributed by atoms with Crippen LogP contribution in [0.25, 0.3) is 119 Å². The van der Waals surface area contributed by atoms with E-state index in [9.17, 15) is 0 Å². The summed E-state index contributed by atoms with van der Waals surface area (Å²) < 4.78 is 9.25. The van der Waals surface area contributed by atoms with Gasteiger partial charge in [-0.15, -0.1) is 11.3 Å². The van der Waals surface area contributed by atoms with Gasteiger partial charge in [-0.1, -0.05) is 159 Å². The highest BCUT2D eigenvalue weighted by Crippen LogP contribution is 2.53. The van der Waals surface area contributed by atoms with Gasteiger partial charge in [-0.25, -0.2) is 0 Å². The first kappa shape index (κ1) is 33.0. The zero-order valence-corrected chi connectivity index (χ0v) is 33.5. The number of hydrogen-bond acceptors (Lipinski definition) is 2. The normalized spacial score (nSPS) is 13.4. The number of benzene rings is 10. The molecule has 0 unspecified atom stereocenters. The Bertz CT molecular complexity index is 3710. The van der Waals surface area contributed by atoms with Crippen molar-refractivity contribution >= 4 is 85.8 Å². The molecule has 0 spiro atoms. The van der Waals surface area contributed by atoms with E-state index in [0.29, 0.717) is 0 Å². The molecule has 10 aromatic carbocycles. The summed E-state index contributed by atoms with van der Waals surface area (Å²) in [6.07, 6.45) is 0. The summed E-state index contributed by atoms with van der Waals surface area (Å²) in [5.74, 6) is 0. The molecular weight excluding hydrogens is 733 g/mol. The number of hydrogen-bond donors (Lipinski definition) is 0. The SMILES string of the molecule is CC1(C)c2ccccc2-c2ccc(-c3c4ccccc4c(-c4cc(-c5cccc6c5oc5ccccc56)cc5sc6cc7ccccc7cc6c45)c4ccccc34)cc21. The van der Waals surface area contributed by atoms with Gasteiger partial charge < -0.3 is 4.42 Å².